The van der Waals surface area contributed by atoms with Gasteiger partial charge in [0.05, 0.1) is 24.3 Å². The summed E-state index contributed by atoms with van der Waals surface area (Å²) in [6.45, 7) is 5.15. The van der Waals surface area contributed by atoms with Crippen LogP contribution in [0, 0.1) is 0 Å². The van der Waals surface area contributed by atoms with E-state index in [1.807, 2.05) is 36.7 Å². The van der Waals surface area contributed by atoms with Crippen LogP contribution in [0.1, 0.15) is 58.0 Å². The van der Waals surface area contributed by atoms with Gasteiger partial charge in [-0.05, 0) is 88.4 Å². The standard InChI is InChI=1S/C27H31N3O4/c1-5-33-26(31)17-7-9-24-20(13-17)22(15-28-24)19(11-12-30(3)4)23-16-29-25-10-8-18(14-21(23)25)27(32)34-6-2/h7-10,13-16,19,28-29H,5-6,11-12H2,1-4H3. The monoisotopic (exact) mass is 461 g/mol. The Balaban J connectivity index is 1.83. The number of esters is 2. The third-order valence-electron chi connectivity index (χ3n) is 6.07. The van der Waals surface area contributed by atoms with Crippen LogP contribution in [0.2, 0.25) is 0 Å². The first kappa shape index (κ1) is 23.6. The largest absolute Gasteiger partial charge is 0.462 e. The highest BCUT2D eigenvalue weighted by molar-refractivity contribution is 5.98. The molecule has 0 aliphatic heterocycles. The number of nitrogens with one attached hydrogen (secondary N) is 2. The molecule has 0 amide bonds. The molecule has 178 valence electrons. The first-order chi connectivity index (χ1) is 16.4. The lowest BCUT2D eigenvalue weighted by molar-refractivity contribution is 0.0517. The second-order valence-electron chi connectivity index (χ2n) is 8.59. The highest BCUT2D eigenvalue weighted by Crippen LogP contribution is 2.37. The minimum atomic E-state index is -0.326. The minimum absolute atomic E-state index is 0.0415. The number of aromatic amines is 2. The summed E-state index contributed by atoms with van der Waals surface area (Å²) in [5.41, 5.74) is 5.20. The molecular weight excluding hydrogens is 430 g/mol. The molecule has 0 spiro atoms. The van der Waals surface area contributed by atoms with E-state index in [2.05, 4.69) is 29.0 Å². The van der Waals surface area contributed by atoms with Crippen LogP contribution in [0.4, 0.5) is 0 Å². The molecule has 0 bridgehead atoms. The summed E-state index contributed by atoms with van der Waals surface area (Å²) < 4.78 is 10.4. The molecule has 4 rings (SSSR count). The maximum absolute atomic E-state index is 12.4. The Morgan fingerprint density at radius 3 is 1.71 bits per heavy atom. The van der Waals surface area contributed by atoms with E-state index in [4.69, 9.17) is 9.47 Å². The molecule has 2 aromatic heterocycles. The third-order valence-corrected chi connectivity index (χ3v) is 6.07. The van der Waals surface area contributed by atoms with E-state index in [-0.39, 0.29) is 17.9 Å². The fourth-order valence-electron chi connectivity index (χ4n) is 4.41. The molecule has 2 aromatic carbocycles. The van der Waals surface area contributed by atoms with Crippen LogP contribution in [0.3, 0.4) is 0 Å². The molecule has 0 unspecified atom stereocenters. The normalized spacial score (nSPS) is 11.6. The van der Waals surface area contributed by atoms with Crippen molar-refractivity contribution < 1.29 is 19.1 Å². The summed E-state index contributed by atoms with van der Waals surface area (Å²) in [4.78, 5) is 33.6. The number of fused-ring (bicyclic) bond motifs is 2. The number of carbonyl (C=O) groups excluding carboxylic acids is 2. The molecule has 4 aromatic rings. The Morgan fingerprint density at radius 1 is 0.824 bits per heavy atom. The predicted octanol–water partition coefficient (Wildman–Crippen LogP) is 5.09. The maximum atomic E-state index is 12.4. The number of hydrogen-bond acceptors (Lipinski definition) is 5. The number of H-pyrrole nitrogens is 2. The van der Waals surface area contributed by atoms with Crippen molar-refractivity contribution in [3.05, 3.63) is 71.0 Å². The topological polar surface area (TPSA) is 87.4 Å². The van der Waals surface area contributed by atoms with Crippen molar-refractivity contribution in [1.82, 2.24) is 14.9 Å². The minimum Gasteiger partial charge on any atom is -0.462 e. The zero-order valence-corrected chi connectivity index (χ0v) is 20.1. The van der Waals surface area contributed by atoms with Gasteiger partial charge in [-0.3, -0.25) is 0 Å². The first-order valence-corrected chi connectivity index (χ1v) is 11.6. The molecule has 34 heavy (non-hydrogen) atoms. The van der Waals surface area contributed by atoms with Crippen LogP contribution in [-0.2, 0) is 9.47 Å². The molecule has 0 radical (unpaired) electrons. The van der Waals surface area contributed by atoms with Crippen LogP contribution >= 0.6 is 0 Å². The lowest BCUT2D eigenvalue weighted by Crippen LogP contribution is -2.16. The molecule has 0 fully saturated rings. The Labute approximate surface area is 199 Å². The number of benzene rings is 2. The van der Waals surface area contributed by atoms with Gasteiger partial charge in [-0.1, -0.05) is 0 Å². The first-order valence-electron chi connectivity index (χ1n) is 11.6. The zero-order valence-electron chi connectivity index (χ0n) is 20.1. The van der Waals surface area contributed by atoms with Crippen LogP contribution in [0.15, 0.2) is 48.8 Å². The summed E-state index contributed by atoms with van der Waals surface area (Å²) in [6.07, 6.45) is 4.90. The number of nitrogens with zero attached hydrogens (tertiary/aromatic N) is 1. The van der Waals surface area contributed by atoms with Crippen molar-refractivity contribution in [1.29, 1.82) is 0 Å². The lowest BCUT2D eigenvalue weighted by atomic mass is 9.87. The zero-order chi connectivity index (χ0) is 24.2. The predicted molar refractivity (Wildman–Crippen MR) is 134 cm³/mol. The van der Waals surface area contributed by atoms with Gasteiger partial charge in [-0.2, -0.15) is 0 Å². The van der Waals surface area contributed by atoms with Gasteiger partial charge in [0.25, 0.3) is 0 Å². The molecule has 0 saturated heterocycles. The number of hydrogen-bond donors (Lipinski definition) is 2. The number of carbonyl (C=O) groups is 2. The Hall–Kier alpha value is -3.58. The second kappa shape index (κ2) is 10.1. The number of ether oxygens (including phenoxy) is 2. The molecule has 7 nitrogen and oxygen atoms in total. The summed E-state index contributed by atoms with van der Waals surface area (Å²) >= 11 is 0. The molecule has 0 atom stereocenters. The fourth-order valence-corrected chi connectivity index (χ4v) is 4.41. The van der Waals surface area contributed by atoms with Gasteiger partial charge in [-0.15, -0.1) is 0 Å². The van der Waals surface area contributed by atoms with E-state index >= 15 is 0 Å². The van der Waals surface area contributed by atoms with E-state index in [0.29, 0.717) is 24.3 Å². The van der Waals surface area contributed by atoms with Crippen LogP contribution in [0.5, 0.6) is 0 Å². The fraction of sp³-hybridized carbons (Fsp3) is 0.333. The summed E-state index contributed by atoms with van der Waals surface area (Å²) in [7, 11) is 4.11. The van der Waals surface area contributed by atoms with E-state index in [0.717, 1.165) is 45.9 Å². The van der Waals surface area contributed by atoms with Crippen molar-refractivity contribution in [3.8, 4) is 0 Å². The average molecular weight is 462 g/mol. The van der Waals surface area contributed by atoms with Crippen LogP contribution < -0.4 is 0 Å². The summed E-state index contributed by atoms with van der Waals surface area (Å²) in [5, 5.41) is 1.98. The van der Waals surface area contributed by atoms with E-state index in [1.54, 1.807) is 26.0 Å². The van der Waals surface area contributed by atoms with Gasteiger partial charge in [0, 0.05) is 40.1 Å². The van der Waals surface area contributed by atoms with Crippen molar-refractivity contribution >= 4 is 33.7 Å². The molecule has 0 aliphatic carbocycles. The van der Waals surface area contributed by atoms with Gasteiger partial charge in [0.15, 0.2) is 0 Å². The number of aromatic nitrogens is 2. The number of rotatable bonds is 9. The van der Waals surface area contributed by atoms with Gasteiger partial charge < -0.3 is 24.3 Å². The summed E-state index contributed by atoms with van der Waals surface area (Å²) in [5.74, 6) is -0.611. The summed E-state index contributed by atoms with van der Waals surface area (Å²) in [6, 6.07) is 11.2. The van der Waals surface area contributed by atoms with E-state index in [1.165, 1.54) is 0 Å². The highest BCUT2D eigenvalue weighted by Gasteiger charge is 2.23. The molecule has 7 heteroatoms. The average Bonchev–Trinajstić information content (AvgIpc) is 3.43. The van der Waals surface area contributed by atoms with Crippen LogP contribution in [0.25, 0.3) is 21.8 Å². The Bertz CT molecular complexity index is 1220. The molecular formula is C27H31N3O4. The molecule has 2 heterocycles. The van der Waals surface area contributed by atoms with Crippen molar-refractivity contribution in [2.75, 3.05) is 33.9 Å². The third kappa shape index (κ3) is 4.70. The highest BCUT2D eigenvalue weighted by atomic mass is 16.5. The maximum Gasteiger partial charge on any atom is 0.338 e. The molecule has 2 N–H and O–H groups in total. The molecule has 0 saturated carbocycles. The van der Waals surface area contributed by atoms with Gasteiger partial charge in [0.1, 0.15) is 0 Å². The van der Waals surface area contributed by atoms with E-state index in [9.17, 15) is 9.59 Å². The van der Waals surface area contributed by atoms with Gasteiger partial charge in [0.2, 0.25) is 0 Å². The van der Waals surface area contributed by atoms with Crippen molar-refractivity contribution in [2.24, 2.45) is 0 Å². The second-order valence-corrected chi connectivity index (χ2v) is 8.59. The lowest BCUT2D eigenvalue weighted by Gasteiger charge is -2.19. The molecule has 0 aliphatic rings. The Kier molecular flexibility index (Phi) is 7.03. The van der Waals surface area contributed by atoms with Crippen LogP contribution in [-0.4, -0.2) is 60.7 Å². The quantitative estimate of drug-likeness (QED) is 0.339. The van der Waals surface area contributed by atoms with E-state index < -0.39 is 0 Å². The van der Waals surface area contributed by atoms with Gasteiger partial charge >= 0.3 is 11.9 Å². The van der Waals surface area contributed by atoms with Crippen molar-refractivity contribution in [2.45, 2.75) is 26.2 Å². The SMILES string of the molecule is CCOC(=O)c1ccc2[nH]cc(C(CCN(C)C)c3c[nH]c4ccc(C(=O)OCC)cc34)c2c1. The van der Waals surface area contributed by atoms with Crippen molar-refractivity contribution in [3.63, 3.8) is 0 Å². The van der Waals surface area contributed by atoms with Gasteiger partial charge in [-0.25, -0.2) is 9.59 Å². The Morgan fingerprint density at radius 2 is 1.29 bits per heavy atom. The smallest absolute Gasteiger partial charge is 0.338 e.